The van der Waals surface area contributed by atoms with Crippen molar-refractivity contribution in [1.82, 2.24) is 0 Å². The fraction of sp³-hybridized carbons (Fsp3) is 0.632. The SMILES string of the molecule is COCCOCCOc1ccc(C(O)C(=O)OC)cc1OCCOCCOC. The summed E-state index contributed by atoms with van der Waals surface area (Å²) in [7, 11) is 4.41. The van der Waals surface area contributed by atoms with Gasteiger partial charge in [0, 0.05) is 14.2 Å². The molecule has 1 N–H and O–H groups in total. The molecule has 0 spiro atoms. The van der Waals surface area contributed by atoms with E-state index in [1.807, 2.05) is 0 Å². The summed E-state index contributed by atoms with van der Waals surface area (Å²) in [6.07, 6.45) is -1.41. The molecule has 9 nitrogen and oxygen atoms in total. The highest BCUT2D eigenvalue weighted by Gasteiger charge is 2.20. The van der Waals surface area contributed by atoms with Gasteiger partial charge in [-0.15, -0.1) is 0 Å². The number of aliphatic hydroxyl groups excluding tert-OH is 1. The van der Waals surface area contributed by atoms with Crippen molar-refractivity contribution in [2.75, 3.05) is 74.2 Å². The van der Waals surface area contributed by atoms with Gasteiger partial charge in [0.05, 0.1) is 46.8 Å². The zero-order valence-electron chi connectivity index (χ0n) is 16.7. The molecule has 0 aliphatic rings. The first kappa shape index (κ1) is 24.1. The van der Waals surface area contributed by atoms with Crippen LogP contribution in [0, 0.1) is 0 Å². The maximum atomic E-state index is 11.6. The zero-order valence-corrected chi connectivity index (χ0v) is 16.7. The summed E-state index contributed by atoms with van der Waals surface area (Å²) in [4.78, 5) is 11.6. The van der Waals surface area contributed by atoms with E-state index in [1.165, 1.54) is 13.2 Å². The largest absolute Gasteiger partial charge is 0.487 e. The maximum Gasteiger partial charge on any atom is 0.339 e. The Hall–Kier alpha value is -1.91. The second-order valence-corrected chi connectivity index (χ2v) is 5.54. The van der Waals surface area contributed by atoms with Crippen molar-refractivity contribution in [2.24, 2.45) is 0 Å². The van der Waals surface area contributed by atoms with Gasteiger partial charge in [0.1, 0.15) is 13.2 Å². The molecule has 0 saturated carbocycles. The van der Waals surface area contributed by atoms with E-state index in [-0.39, 0.29) is 6.61 Å². The van der Waals surface area contributed by atoms with E-state index in [1.54, 1.807) is 26.4 Å². The van der Waals surface area contributed by atoms with Gasteiger partial charge in [0.2, 0.25) is 0 Å². The van der Waals surface area contributed by atoms with Crippen molar-refractivity contribution in [3.63, 3.8) is 0 Å². The Bertz CT molecular complexity index is 550. The summed E-state index contributed by atoms with van der Waals surface area (Å²) < 4.78 is 36.5. The minimum Gasteiger partial charge on any atom is -0.487 e. The number of aliphatic hydroxyl groups is 1. The topological polar surface area (TPSA) is 102 Å². The van der Waals surface area contributed by atoms with Gasteiger partial charge in [-0.3, -0.25) is 0 Å². The minimum absolute atomic E-state index is 0.266. The van der Waals surface area contributed by atoms with Crippen LogP contribution in [0.1, 0.15) is 11.7 Å². The Morgan fingerprint density at radius 2 is 1.36 bits per heavy atom. The lowest BCUT2D eigenvalue weighted by Gasteiger charge is -2.16. The summed E-state index contributed by atoms with van der Waals surface area (Å²) >= 11 is 0. The van der Waals surface area contributed by atoms with Crippen LogP contribution in [-0.2, 0) is 28.5 Å². The quantitative estimate of drug-likeness (QED) is 0.320. The zero-order chi connectivity index (χ0) is 20.6. The normalized spacial score (nSPS) is 11.9. The van der Waals surface area contributed by atoms with Crippen LogP contribution in [0.4, 0.5) is 0 Å². The molecule has 9 heteroatoms. The number of ether oxygens (including phenoxy) is 7. The molecule has 28 heavy (non-hydrogen) atoms. The number of methoxy groups -OCH3 is 3. The number of esters is 1. The molecule has 0 amide bonds. The number of rotatable bonds is 16. The standard InChI is InChI=1S/C19H30O9/c1-22-6-8-25-10-12-27-16-5-4-15(18(20)19(21)24-3)14-17(16)28-13-11-26-9-7-23-2/h4-5,14,18,20H,6-13H2,1-3H3. The van der Waals surface area contributed by atoms with Crippen LogP contribution in [0.5, 0.6) is 11.5 Å². The smallest absolute Gasteiger partial charge is 0.339 e. The molecule has 1 unspecified atom stereocenters. The maximum absolute atomic E-state index is 11.6. The van der Waals surface area contributed by atoms with Crippen molar-refractivity contribution < 1.29 is 43.1 Å². The third-order valence-electron chi connectivity index (χ3n) is 3.54. The first-order valence-electron chi connectivity index (χ1n) is 8.92. The van der Waals surface area contributed by atoms with Crippen LogP contribution in [-0.4, -0.2) is 85.3 Å². The Balaban J connectivity index is 2.66. The number of hydrogen-bond acceptors (Lipinski definition) is 9. The van der Waals surface area contributed by atoms with Crippen LogP contribution >= 0.6 is 0 Å². The van der Waals surface area contributed by atoms with Crippen molar-refractivity contribution in [3.8, 4) is 11.5 Å². The predicted octanol–water partition coefficient (Wildman–Crippen LogP) is 0.977. The molecule has 1 aromatic carbocycles. The van der Waals surface area contributed by atoms with E-state index in [0.717, 1.165) is 0 Å². The number of benzene rings is 1. The average molecular weight is 402 g/mol. The van der Waals surface area contributed by atoms with Crippen LogP contribution in [0.3, 0.4) is 0 Å². The molecule has 1 atom stereocenters. The lowest BCUT2D eigenvalue weighted by Crippen LogP contribution is -2.15. The van der Waals surface area contributed by atoms with Crippen molar-refractivity contribution in [3.05, 3.63) is 23.8 Å². The highest BCUT2D eigenvalue weighted by molar-refractivity contribution is 5.76. The van der Waals surface area contributed by atoms with E-state index in [9.17, 15) is 9.90 Å². The molecule has 1 aromatic rings. The lowest BCUT2D eigenvalue weighted by atomic mass is 10.1. The van der Waals surface area contributed by atoms with Crippen LogP contribution in [0.15, 0.2) is 18.2 Å². The molecule has 0 radical (unpaired) electrons. The molecule has 0 heterocycles. The van der Waals surface area contributed by atoms with E-state index in [2.05, 4.69) is 4.74 Å². The summed E-state index contributed by atoms with van der Waals surface area (Å²) in [6.45, 7) is 3.26. The molecule has 0 bridgehead atoms. The van der Waals surface area contributed by atoms with Gasteiger partial charge in [-0.05, 0) is 17.7 Å². The average Bonchev–Trinajstić information content (AvgIpc) is 2.72. The van der Waals surface area contributed by atoms with Gasteiger partial charge in [-0.2, -0.15) is 0 Å². The monoisotopic (exact) mass is 402 g/mol. The molecule has 0 aliphatic heterocycles. The van der Waals surface area contributed by atoms with Crippen LogP contribution in [0.2, 0.25) is 0 Å². The molecule has 0 fully saturated rings. The lowest BCUT2D eigenvalue weighted by molar-refractivity contribution is -0.150. The molecule has 0 saturated heterocycles. The van der Waals surface area contributed by atoms with Crippen molar-refractivity contribution in [2.45, 2.75) is 6.10 Å². The summed E-state index contributed by atoms with van der Waals surface area (Å²) in [6, 6.07) is 4.74. The first-order valence-corrected chi connectivity index (χ1v) is 8.92. The Morgan fingerprint density at radius 3 is 1.89 bits per heavy atom. The Labute approximate surface area is 165 Å². The summed E-state index contributed by atoms with van der Waals surface area (Å²) in [5, 5.41) is 10.0. The van der Waals surface area contributed by atoms with Gasteiger partial charge in [-0.25, -0.2) is 4.79 Å². The molecule has 1 rings (SSSR count). The second kappa shape index (κ2) is 15.1. The van der Waals surface area contributed by atoms with Gasteiger partial charge in [-0.1, -0.05) is 6.07 Å². The van der Waals surface area contributed by atoms with Gasteiger partial charge in [0.25, 0.3) is 0 Å². The number of carbonyl (C=O) groups excluding carboxylic acids is 1. The second-order valence-electron chi connectivity index (χ2n) is 5.54. The van der Waals surface area contributed by atoms with Crippen molar-refractivity contribution in [1.29, 1.82) is 0 Å². The fourth-order valence-electron chi connectivity index (χ4n) is 2.08. The van der Waals surface area contributed by atoms with Gasteiger partial charge >= 0.3 is 5.97 Å². The van der Waals surface area contributed by atoms with E-state index in [0.29, 0.717) is 63.3 Å². The van der Waals surface area contributed by atoms with Gasteiger partial charge < -0.3 is 38.3 Å². The van der Waals surface area contributed by atoms with Crippen LogP contribution in [0.25, 0.3) is 0 Å². The molecule has 160 valence electrons. The van der Waals surface area contributed by atoms with E-state index < -0.39 is 12.1 Å². The highest BCUT2D eigenvalue weighted by atomic mass is 16.6. The Kier molecular flexibility index (Phi) is 13.0. The third kappa shape index (κ3) is 9.34. The highest BCUT2D eigenvalue weighted by Crippen LogP contribution is 2.31. The van der Waals surface area contributed by atoms with Crippen LogP contribution < -0.4 is 9.47 Å². The third-order valence-corrected chi connectivity index (χ3v) is 3.54. The Morgan fingerprint density at radius 1 is 0.821 bits per heavy atom. The first-order chi connectivity index (χ1) is 13.6. The molecule has 0 aliphatic carbocycles. The van der Waals surface area contributed by atoms with Crippen molar-refractivity contribution >= 4 is 5.97 Å². The molecule has 0 aromatic heterocycles. The molecular formula is C19H30O9. The molecular weight excluding hydrogens is 372 g/mol. The summed E-state index contributed by atoms with van der Waals surface area (Å²) in [5.41, 5.74) is 0.339. The summed E-state index contributed by atoms with van der Waals surface area (Å²) in [5.74, 6) is 0.0924. The number of carbonyl (C=O) groups is 1. The minimum atomic E-state index is -1.41. The van der Waals surface area contributed by atoms with E-state index in [4.69, 9.17) is 28.4 Å². The number of hydrogen-bond donors (Lipinski definition) is 1. The predicted molar refractivity (Wildman–Crippen MR) is 99.8 cm³/mol. The van der Waals surface area contributed by atoms with E-state index >= 15 is 0 Å². The fourth-order valence-corrected chi connectivity index (χ4v) is 2.08. The van der Waals surface area contributed by atoms with Gasteiger partial charge in [0.15, 0.2) is 17.6 Å².